The Labute approximate surface area is 142 Å². The third-order valence-electron chi connectivity index (χ3n) is 3.45. The summed E-state index contributed by atoms with van der Waals surface area (Å²) < 4.78 is 0. The molecule has 1 atom stereocenters. The van der Waals surface area contributed by atoms with E-state index in [4.69, 9.17) is 23.8 Å². The van der Waals surface area contributed by atoms with Gasteiger partial charge in [0.15, 0.2) is 5.11 Å². The molecule has 4 heteroatoms. The van der Waals surface area contributed by atoms with Crippen molar-refractivity contribution in [1.29, 1.82) is 0 Å². The molecule has 0 radical (unpaired) electrons. The average Bonchev–Trinajstić information content (AvgIpc) is 2.48. The van der Waals surface area contributed by atoms with E-state index in [9.17, 15) is 0 Å². The topological polar surface area (TPSA) is 24.1 Å². The van der Waals surface area contributed by atoms with Gasteiger partial charge >= 0.3 is 0 Å². The Morgan fingerprint density at radius 3 is 2.55 bits per heavy atom. The van der Waals surface area contributed by atoms with Gasteiger partial charge in [-0.2, -0.15) is 0 Å². The van der Waals surface area contributed by atoms with Crippen molar-refractivity contribution in [3.63, 3.8) is 0 Å². The molecule has 2 aromatic rings. The van der Waals surface area contributed by atoms with Crippen LogP contribution in [0.2, 0.25) is 5.02 Å². The van der Waals surface area contributed by atoms with Gasteiger partial charge in [-0.1, -0.05) is 55.3 Å². The molecule has 2 nitrogen and oxygen atoms in total. The van der Waals surface area contributed by atoms with Crippen LogP contribution in [0.5, 0.6) is 0 Å². The summed E-state index contributed by atoms with van der Waals surface area (Å²) >= 11 is 11.3. The van der Waals surface area contributed by atoms with E-state index < -0.39 is 0 Å². The van der Waals surface area contributed by atoms with Crippen molar-refractivity contribution in [3.05, 3.63) is 64.7 Å². The first-order chi connectivity index (χ1) is 10.6. The number of thiocarbonyl (C=S) groups is 1. The molecule has 22 heavy (non-hydrogen) atoms. The van der Waals surface area contributed by atoms with Crippen molar-refractivity contribution < 1.29 is 0 Å². The summed E-state index contributed by atoms with van der Waals surface area (Å²) in [6.45, 7) is 4.29. The Bertz CT molecular complexity index is 625. The van der Waals surface area contributed by atoms with Crippen molar-refractivity contribution in [3.8, 4) is 0 Å². The van der Waals surface area contributed by atoms with E-state index >= 15 is 0 Å². The van der Waals surface area contributed by atoms with Crippen molar-refractivity contribution in [2.24, 2.45) is 0 Å². The lowest BCUT2D eigenvalue weighted by Gasteiger charge is -2.18. The number of hydrogen-bond acceptors (Lipinski definition) is 1. The maximum Gasteiger partial charge on any atom is 0.171 e. The van der Waals surface area contributed by atoms with Crippen LogP contribution in [-0.2, 0) is 6.42 Å². The summed E-state index contributed by atoms with van der Waals surface area (Å²) in [7, 11) is 0. The van der Waals surface area contributed by atoms with Gasteiger partial charge in [-0.05, 0) is 54.9 Å². The van der Waals surface area contributed by atoms with E-state index in [-0.39, 0.29) is 6.04 Å². The molecule has 0 spiro atoms. The van der Waals surface area contributed by atoms with Crippen LogP contribution < -0.4 is 10.6 Å². The zero-order chi connectivity index (χ0) is 15.9. The quantitative estimate of drug-likeness (QED) is 0.723. The molecule has 0 saturated carbocycles. The van der Waals surface area contributed by atoms with Gasteiger partial charge in [-0.25, -0.2) is 0 Å². The summed E-state index contributed by atoms with van der Waals surface area (Å²) in [5, 5.41) is 7.72. The van der Waals surface area contributed by atoms with E-state index in [1.807, 2.05) is 24.3 Å². The number of nitrogens with one attached hydrogen (secondary N) is 2. The van der Waals surface area contributed by atoms with Crippen LogP contribution in [0.25, 0.3) is 0 Å². The lowest BCUT2D eigenvalue weighted by Crippen LogP contribution is -2.30. The minimum Gasteiger partial charge on any atom is -0.356 e. The molecule has 0 saturated heterocycles. The molecule has 2 N–H and O–H groups in total. The largest absolute Gasteiger partial charge is 0.356 e. The maximum atomic E-state index is 5.97. The first-order valence-corrected chi connectivity index (χ1v) is 8.29. The fourth-order valence-electron chi connectivity index (χ4n) is 2.28. The zero-order valence-corrected chi connectivity index (χ0v) is 14.5. The van der Waals surface area contributed by atoms with Crippen molar-refractivity contribution >= 4 is 34.6 Å². The first-order valence-electron chi connectivity index (χ1n) is 7.50. The van der Waals surface area contributed by atoms with E-state index in [0.717, 1.165) is 12.1 Å². The third-order valence-corrected chi connectivity index (χ3v) is 3.90. The number of aryl methyl sites for hydroxylation is 1. The van der Waals surface area contributed by atoms with Gasteiger partial charge in [0, 0.05) is 10.7 Å². The molecule has 0 amide bonds. The number of benzene rings is 2. The van der Waals surface area contributed by atoms with Crippen molar-refractivity contribution in [2.75, 3.05) is 5.32 Å². The van der Waals surface area contributed by atoms with Gasteiger partial charge in [0.1, 0.15) is 0 Å². The predicted molar refractivity (Wildman–Crippen MR) is 99.7 cm³/mol. The molecular formula is C18H21ClN2S. The molecule has 0 aliphatic heterocycles. The van der Waals surface area contributed by atoms with E-state index in [0.29, 0.717) is 10.1 Å². The molecule has 0 aliphatic rings. The molecule has 0 heterocycles. The van der Waals surface area contributed by atoms with Crippen LogP contribution in [0.3, 0.4) is 0 Å². The molecule has 0 aromatic heterocycles. The highest BCUT2D eigenvalue weighted by Crippen LogP contribution is 2.17. The number of rotatable bonds is 5. The van der Waals surface area contributed by atoms with Gasteiger partial charge in [0.25, 0.3) is 0 Å². The molecule has 1 unspecified atom stereocenters. The maximum absolute atomic E-state index is 5.97. The fourth-order valence-corrected chi connectivity index (χ4v) is 2.76. The molecule has 0 bridgehead atoms. The van der Waals surface area contributed by atoms with Crippen LogP contribution >= 0.6 is 23.8 Å². The van der Waals surface area contributed by atoms with Gasteiger partial charge in [0.2, 0.25) is 0 Å². The highest BCUT2D eigenvalue weighted by atomic mass is 35.5. The Balaban J connectivity index is 1.93. The molecule has 0 fully saturated rings. The molecule has 2 aromatic carbocycles. The lowest BCUT2D eigenvalue weighted by atomic mass is 10.0. The number of anilines is 1. The standard InChI is InChI=1S/C18H21ClN2S/c1-3-5-14-8-10-15(11-9-14)13(2)20-18(22)21-17-7-4-6-16(19)12-17/h4,6-13H,3,5H2,1-2H3,(H2,20,21,22). The Hall–Kier alpha value is -1.58. The van der Waals surface area contributed by atoms with Crippen LogP contribution in [-0.4, -0.2) is 5.11 Å². The third kappa shape index (κ3) is 5.00. The second-order valence-corrected chi connectivity index (χ2v) is 6.17. The second kappa shape index (κ2) is 8.16. The molecule has 116 valence electrons. The number of halogens is 1. The first kappa shape index (κ1) is 16.8. The predicted octanol–water partition coefficient (Wildman–Crippen LogP) is 5.34. The zero-order valence-electron chi connectivity index (χ0n) is 12.9. The summed E-state index contributed by atoms with van der Waals surface area (Å²) in [5.74, 6) is 0. The molecular weight excluding hydrogens is 312 g/mol. The van der Waals surface area contributed by atoms with E-state index in [2.05, 4.69) is 48.7 Å². The van der Waals surface area contributed by atoms with Crippen LogP contribution in [0, 0.1) is 0 Å². The van der Waals surface area contributed by atoms with Gasteiger partial charge in [0.05, 0.1) is 6.04 Å². The van der Waals surface area contributed by atoms with Gasteiger partial charge in [-0.15, -0.1) is 0 Å². The van der Waals surface area contributed by atoms with E-state index in [1.165, 1.54) is 17.5 Å². The van der Waals surface area contributed by atoms with Gasteiger partial charge in [-0.3, -0.25) is 0 Å². The van der Waals surface area contributed by atoms with Crippen molar-refractivity contribution in [2.45, 2.75) is 32.7 Å². The second-order valence-electron chi connectivity index (χ2n) is 5.32. The van der Waals surface area contributed by atoms with Crippen LogP contribution in [0.15, 0.2) is 48.5 Å². The molecule has 2 rings (SSSR count). The van der Waals surface area contributed by atoms with E-state index in [1.54, 1.807) is 0 Å². The van der Waals surface area contributed by atoms with Crippen LogP contribution in [0.4, 0.5) is 5.69 Å². The van der Waals surface area contributed by atoms with Crippen LogP contribution in [0.1, 0.15) is 37.4 Å². The Morgan fingerprint density at radius 1 is 1.18 bits per heavy atom. The Morgan fingerprint density at radius 2 is 1.91 bits per heavy atom. The van der Waals surface area contributed by atoms with Gasteiger partial charge < -0.3 is 10.6 Å². The SMILES string of the molecule is CCCc1ccc(C(C)NC(=S)Nc2cccc(Cl)c2)cc1. The lowest BCUT2D eigenvalue weighted by molar-refractivity contribution is 0.722. The summed E-state index contributed by atoms with van der Waals surface area (Å²) in [6.07, 6.45) is 2.29. The van der Waals surface area contributed by atoms with Crippen molar-refractivity contribution in [1.82, 2.24) is 5.32 Å². The minimum atomic E-state index is 0.148. The average molecular weight is 333 g/mol. The normalized spacial score (nSPS) is 11.8. The fraction of sp³-hybridized carbons (Fsp3) is 0.278. The molecule has 0 aliphatic carbocycles. The smallest absolute Gasteiger partial charge is 0.171 e. The highest BCUT2D eigenvalue weighted by Gasteiger charge is 2.07. The highest BCUT2D eigenvalue weighted by molar-refractivity contribution is 7.80. The number of hydrogen-bond donors (Lipinski definition) is 2. The summed E-state index contributed by atoms with van der Waals surface area (Å²) in [6, 6.07) is 16.3. The summed E-state index contributed by atoms with van der Waals surface area (Å²) in [4.78, 5) is 0. The minimum absolute atomic E-state index is 0.148. The summed E-state index contributed by atoms with van der Waals surface area (Å²) in [5.41, 5.74) is 3.48. The monoisotopic (exact) mass is 332 g/mol. The Kier molecular flexibility index (Phi) is 6.22.